The Labute approximate surface area is 109 Å². The van der Waals surface area contributed by atoms with E-state index < -0.39 is 48.7 Å². The van der Waals surface area contributed by atoms with Crippen LogP contribution in [0.25, 0.3) is 0 Å². The molecule has 6 N–H and O–H groups in total. The molecule has 1 unspecified atom stereocenters. The number of ether oxygens (including phenoxy) is 1. The molecule has 0 radical (unpaired) electrons. The fraction of sp³-hybridized carbons (Fsp3) is 0.800. The van der Waals surface area contributed by atoms with Crippen molar-refractivity contribution in [2.24, 2.45) is 0 Å². The van der Waals surface area contributed by atoms with Crippen molar-refractivity contribution < 1.29 is 34.8 Å². The molecule has 0 bridgehead atoms. The second-order valence-electron chi connectivity index (χ2n) is 4.38. The Balaban J connectivity index is 3.12. The van der Waals surface area contributed by atoms with E-state index in [4.69, 9.17) is 9.84 Å². The van der Waals surface area contributed by atoms with Gasteiger partial charge in [0.25, 0.3) is 0 Å². The van der Waals surface area contributed by atoms with E-state index in [1.165, 1.54) is 0 Å². The number of carbonyl (C=O) groups excluding carboxylic acids is 2. The quantitative estimate of drug-likeness (QED) is 0.292. The average Bonchev–Trinajstić information content (AvgIpc) is 2.29. The van der Waals surface area contributed by atoms with Crippen molar-refractivity contribution in [3.05, 3.63) is 0 Å². The maximum absolute atomic E-state index is 11.2. The van der Waals surface area contributed by atoms with Gasteiger partial charge in [-0.1, -0.05) is 0 Å². The summed E-state index contributed by atoms with van der Waals surface area (Å²) in [6, 6.07) is 0. The Morgan fingerprint density at radius 2 is 1.63 bits per heavy atom. The molecule has 110 valence electrons. The van der Waals surface area contributed by atoms with Crippen molar-refractivity contribution in [3.8, 4) is 0 Å². The smallest absolute Gasteiger partial charge is 0.218 e. The molecule has 2 amide bonds. The number of aliphatic hydroxyl groups is 4. The van der Waals surface area contributed by atoms with E-state index in [1.54, 1.807) is 0 Å². The summed E-state index contributed by atoms with van der Waals surface area (Å²) in [5.74, 6) is -1.32. The molecule has 0 spiro atoms. The first-order chi connectivity index (χ1) is 8.74. The van der Waals surface area contributed by atoms with Gasteiger partial charge in [0.05, 0.1) is 6.61 Å². The molecular formula is C10H18N2O7. The molecule has 0 aromatic carbocycles. The van der Waals surface area contributed by atoms with E-state index in [0.717, 1.165) is 13.8 Å². The van der Waals surface area contributed by atoms with Gasteiger partial charge < -0.3 is 35.8 Å². The van der Waals surface area contributed by atoms with Gasteiger partial charge in [-0.3, -0.25) is 9.59 Å². The van der Waals surface area contributed by atoms with E-state index in [9.17, 15) is 24.9 Å². The second-order valence-corrected chi connectivity index (χ2v) is 4.38. The monoisotopic (exact) mass is 278 g/mol. The topological polar surface area (TPSA) is 148 Å². The predicted octanol–water partition coefficient (Wildman–Crippen LogP) is -3.61. The minimum Gasteiger partial charge on any atom is -0.394 e. The van der Waals surface area contributed by atoms with E-state index in [1.807, 2.05) is 0 Å². The SMILES string of the molecule is CC(=O)NC1(NC(C)=O)C(O)O[C@H](CO)[C@H](O)[C@@H]1O. The number of aliphatic hydroxyl groups excluding tert-OH is 4. The van der Waals surface area contributed by atoms with Crippen LogP contribution < -0.4 is 10.6 Å². The van der Waals surface area contributed by atoms with Crippen LogP contribution in [0.3, 0.4) is 0 Å². The number of rotatable bonds is 3. The molecule has 0 saturated carbocycles. The molecule has 1 rings (SSSR count). The zero-order valence-electron chi connectivity index (χ0n) is 10.5. The zero-order valence-corrected chi connectivity index (χ0v) is 10.5. The largest absolute Gasteiger partial charge is 0.394 e. The highest BCUT2D eigenvalue weighted by Crippen LogP contribution is 2.27. The van der Waals surface area contributed by atoms with Crippen molar-refractivity contribution in [1.29, 1.82) is 0 Å². The third-order valence-electron chi connectivity index (χ3n) is 2.81. The molecule has 0 aliphatic carbocycles. The number of hydrogen-bond acceptors (Lipinski definition) is 7. The molecule has 9 nitrogen and oxygen atoms in total. The minimum atomic E-state index is -2.08. The molecule has 9 heteroatoms. The van der Waals surface area contributed by atoms with Gasteiger partial charge in [0.2, 0.25) is 18.1 Å². The molecular weight excluding hydrogens is 260 g/mol. The summed E-state index contributed by atoms with van der Waals surface area (Å²) in [4.78, 5) is 22.4. The standard InChI is InChI=1S/C10H18N2O7/c1-4(14)11-10(12-5(2)15)8(17)7(16)6(3-13)19-9(10)18/h6-9,13,16-18H,3H2,1-2H3,(H,11,14)(H,12,15)/t6-,7+,8+,9?/m1/s1. The number of amides is 2. The van der Waals surface area contributed by atoms with Gasteiger partial charge in [0, 0.05) is 13.8 Å². The van der Waals surface area contributed by atoms with Crippen LogP contribution in [0.1, 0.15) is 13.8 Å². The summed E-state index contributed by atoms with van der Waals surface area (Å²) in [5, 5.41) is 42.9. The molecule has 1 heterocycles. The highest BCUT2D eigenvalue weighted by atomic mass is 16.6. The number of hydrogen-bond donors (Lipinski definition) is 6. The fourth-order valence-corrected chi connectivity index (χ4v) is 2.01. The van der Waals surface area contributed by atoms with Crippen molar-refractivity contribution in [2.75, 3.05) is 6.61 Å². The molecule has 1 fully saturated rings. The Bertz CT molecular complexity index is 346. The predicted molar refractivity (Wildman–Crippen MR) is 60.3 cm³/mol. The lowest BCUT2D eigenvalue weighted by Gasteiger charge is -2.49. The van der Waals surface area contributed by atoms with Crippen molar-refractivity contribution in [3.63, 3.8) is 0 Å². The summed E-state index contributed by atoms with van der Waals surface area (Å²) in [6.45, 7) is 1.56. The van der Waals surface area contributed by atoms with Crippen LogP contribution >= 0.6 is 0 Å². The molecule has 1 aliphatic heterocycles. The van der Waals surface area contributed by atoms with Crippen molar-refractivity contribution in [2.45, 2.75) is 44.1 Å². The zero-order chi connectivity index (χ0) is 14.8. The Hall–Kier alpha value is -1.26. The summed E-state index contributed by atoms with van der Waals surface area (Å²) in [7, 11) is 0. The van der Waals surface area contributed by atoms with E-state index in [0.29, 0.717) is 0 Å². The van der Waals surface area contributed by atoms with Crippen LogP contribution in [0.4, 0.5) is 0 Å². The minimum absolute atomic E-state index is 0.647. The Morgan fingerprint density at radius 1 is 1.16 bits per heavy atom. The molecule has 1 aliphatic rings. The lowest BCUT2D eigenvalue weighted by atomic mass is 9.90. The fourth-order valence-electron chi connectivity index (χ4n) is 2.01. The maximum atomic E-state index is 11.2. The molecule has 1 saturated heterocycles. The van der Waals surface area contributed by atoms with Gasteiger partial charge in [-0.15, -0.1) is 0 Å². The Morgan fingerprint density at radius 3 is 2.00 bits per heavy atom. The first-order valence-electron chi connectivity index (χ1n) is 5.62. The third kappa shape index (κ3) is 3.01. The Kier molecular flexibility index (Phi) is 4.82. The molecule has 0 aromatic heterocycles. The van der Waals surface area contributed by atoms with Gasteiger partial charge in [-0.05, 0) is 0 Å². The van der Waals surface area contributed by atoms with Gasteiger partial charge >= 0.3 is 0 Å². The summed E-state index contributed by atoms with van der Waals surface area (Å²) in [5.41, 5.74) is -2.08. The van der Waals surface area contributed by atoms with E-state index in [2.05, 4.69) is 10.6 Å². The summed E-state index contributed by atoms with van der Waals surface area (Å²) in [6.07, 6.45) is -6.44. The van der Waals surface area contributed by atoms with Crippen LogP contribution in [-0.4, -0.2) is 69.1 Å². The first kappa shape index (κ1) is 15.8. The normalized spacial score (nSPS) is 33.6. The van der Waals surface area contributed by atoms with Gasteiger partial charge in [-0.25, -0.2) is 0 Å². The molecule has 0 aromatic rings. The lowest BCUT2D eigenvalue weighted by molar-refractivity contribution is -0.289. The van der Waals surface area contributed by atoms with Crippen LogP contribution in [0.5, 0.6) is 0 Å². The molecule has 19 heavy (non-hydrogen) atoms. The van der Waals surface area contributed by atoms with Crippen LogP contribution in [0, 0.1) is 0 Å². The van der Waals surface area contributed by atoms with Crippen LogP contribution in [0.15, 0.2) is 0 Å². The third-order valence-corrected chi connectivity index (χ3v) is 2.81. The number of nitrogens with one attached hydrogen (secondary N) is 2. The van der Waals surface area contributed by atoms with Gasteiger partial charge in [0.15, 0.2) is 5.66 Å². The average molecular weight is 278 g/mol. The lowest BCUT2D eigenvalue weighted by Crippen LogP contribution is -2.79. The first-order valence-corrected chi connectivity index (χ1v) is 5.62. The summed E-state index contributed by atoms with van der Waals surface area (Å²) < 4.78 is 4.90. The molecule has 4 atom stereocenters. The van der Waals surface area contributed by atoms with Gasteiger partial charge in [0.1, 0.15) is 18.3 Å². The highest BCUT2D eigenvalue weighted by molar-refractivity contribution is 5.77. The van der Waals surface area contributed by atoms with Crippen LogP contribution in [0.2, 0.25) is 0 Å². The van der Waals surface area contributed by atoms with Crippen molar-refractivity contribution in [1.82, 2.24) is 10.6 Å². The second kappa shape index (κ2) is 5.80. The van der Waals surface area contributed by atoms with Gasteiger partial charge in [-0.2, -0.15) is 0 Å². The van der Waals surface area contributed by atoms with Crippen molar-refractivity contribution >= 4 is 11.8 Å². The highest BCUT2D eigenvalue weighted by Gasteiger charge is 2.56. The van der Waals surface area contributed by atoms with E-state index >= 15 is 0 Å². The maximum Gasteiger partial charge on any atom is 0.218 e. The number of carbonyl (C=O) groups is 2. The summed E-state index contributed by atoms with van der Waals surface area (Å²) >= 11 is 0. The van der Waals surface area contributed by atoms with Crippen LogP contribution in [-0.2, 0) is 14.3 Å². The van der Waals surface area contributed by atoms with E-state index in [-0.39, 0.29) is 0 Å².